The smallest absolute Gasteiger partial charge is 0.222 e. The van der Waals surface area contributed by atoms with Crippen LogP contribution in [0.4, 0.5) is 10.3 Å². The molecule has 1 aromatic heterocycles. The van der Waals surface area contributed by atoms with Crippen LogP contribution < -0.4 is 5.73 Å². The quantitative estimate of drug-likeness (QED) is 0.872. The van der Waals surface area contributed by atoms with Crippen LogP contribution in [-0.2, 0) is 12.8 Å². The van der Waals surface area contributed by atoms with Crippen molar-refractivity contribution in [1.29, 1.82) is 0 Å². The van der Waals surface area contributed by atoms with Crippen molar-refractivity contribution in [2.45, 2.75) is 10.9 Å². The average Bonchev–Trinajstić information content (AvgIpc) is 2.62. The SMILES string of the molecule is Cn1c(N)nnc1SCc1cccc(Cl)c1F. The highest BCUT2D eigenvalue weighted by Gasteiger charge is 2.10. The van der Waals surface area contributed by atoms with Crippen LogP contribution >= 0.6 is 23.4 Å². The number of aromatic nitrogens is 3. The standard InChI is InChI=1S/C10H10ClFN4S/c1-16-9(13)14-15-10(16)17-5-6-3-2-4-7(11)8(6)12/h2-4H,5H2,1H3,(H2,13,14). The molecule has 0 aliphatic rings. The van der Waals surface area contributed by atoms with Gasteiger partial charge in [0.2, 0.25) is 5.95 Å². The number of nitrogens with two attached hydrogens (primary N) is 1. The number of hydrogen-bond donors (Lipinski definition) is 1. The summed E-state index contributed by atoms with van der Waals surface area (Å²) in [5.41, 5.74) is 6.08. The predicted octanol–water partition coefficient (Wildman–Crippen LogP) is 2.48. The van der Waals surface area contributed by atoms with Crippen molar-refractivity contribution in [2.24, 2.45) is 7.05 Å². The van der Waals surface area contributed by atoms with Crippen molar-refractivity contribution >= 4 is 29.3 Å². The third-order valence-corrected chi connectivity index (χ3v) is 3.62. The zero-order valence-electron chi connectivity index (χ0n) is 9.02. The molecule has 0 radical (unpaired) electrons. The minimum Gasteiger partial charge on any atom is -0.368 e. The first-order valence-electron chi connectivity index (χ1n) is 4.80. The van der Waals surface area contributed by atoms with Gasteiger partial charge in [0, 0.05) is 12.8 Å². The first kappa shape index (κ1) is 12.2. The van der Waals surface area contributed by atoms with E-state index in [2.05, 4.69) is 10.2 Å². The number of anilines is 1. The van der Waals surface area contributed by atoms with Crippen LogP contribution in [0.25, 0.3) is 0 Å². The van der Waals surface area contributed by atoms with E-state index in [9.17, 15) is 4.39 Å². The first-order chi connectivity index (χ1) is 8.09. The van der Waals surface area contributed by atoms with Gasteiger partial charge in [-0.05, 0) is 11.6 Å². The zero-order chi connectivity index (χ0) is 12.4. The summed E-state index contributed by atoms with van der Waals surface area (Å²) in [4.78, 5) is 0. The van der Waals surface area contributed by atoms with E-state index < -0.39 is 5.82 Å². The second kappa shape index (κ2) is 4.93. The van der Waals surface area contributed by atoms with Gasteiger partial charge in [0.25, 0.3) is 0 Å². The Balaban J connectivity index is 2.13. The molecule has 1 heterocycles. The highest BCUT2D eigenvalue weighted by atomic mass is 35.5. The summed E-state index contributed by atoms with van der Waals surface area (Å²) in [5.74, 6) is 0.370. The molecule has 0 amide bonds. The lowest BCUT2D eigenvalue weighted by Gasteiger charge is -2.04. The third kappa shape index (κ3) is 2.53. The molecule has 4 nitrogen and oxygen atoms in total. The number of nitrogen functional groups attached to an aromatic ring is 1. The summed E-state index contributed by atoms with van der Waals surface area (Å²) in [6, 6.07) is 4.92. The van der Waals surface area contributed by atoms with E-state index in [1.807, 2.05) is 0 Å². The zero-order valence-corrected chi connectivity index (χ0v) is 10.6. The van der Waals surface area contributed by atoms with Gasteiger partial charge < -0.3 is 5.73 Å². The number of thioether (sulfide) groups is 1. The number of nitrogens with zero attached hydrogens (tertiary/aromatic N) is 3. The predicted molar refractivity (Wildman–Crippen MR) is 66.4 cm³/mol. The molecule has 2 N–H and O–H groups in total. The second-order valence-electron chi connectivity index (χ2n) is 3.40. The molecule has 0 saturated heterocycles. The fraction of sp³-hybridized carbons (Fsp3) is 0.200. The second-order valence-corrected chi connectivity index (χ2v) is 4.75. The molecule has 0 saturated carbocycles. The van der Waals surface area contributed by atoms with Gasteiger partial charge in [0.1, 0.15) is 5.82 Å². The minimum absolute atomic E-state index is 0.126. The van der Waals surface area contributed by atoms with E-state index in [-0.39, 0.29) is 5.02 Å². The van der Waals surface area contributed by atoms with E-state index in [4.69, 9.17) is 17.3 Å². The molecule has 0 fully saturated rings. The van der Waals surface area contributed by atoms with Crippen molar-refractivity contribution in [1.82, 2.24) is 14.8 Å². The van der Waals surface area contributed by atoms with Crippen molar-refractivity contribution in [3.05, 3.63) is 34.6 Å². The van der Waals surface area contributed by atoms with Crippen LogP contribution in [0, 0.1) is 5.82 Å². The fourth-order valence-electron chi connectivity index (χ4n) is 1.25. The van der Waals surface area contributed by atoms with Crippen molar-refractivity contribution in [3.63, 3.8) is 0 Å². The highest BCUT2D eigenvalue weighted by molar-refractivity contribution is 7.98. The van der Waals surface area contributed by atoms with Crippen molar-refractivity contribution in [2.75, 3.05) is 5.73 Å². The molecule has 0 bridgehead atoms. The molecule has 2 rings (SSSR count). The lowest BCUT2D eigenvalue weighted by Crippen LogP contribution is -1.98. The minimum atomic E-state index is -0.392. The Kier molecular flexibility index (Phi) is 3.54. The Labute approximate surface area is 107 Å². The lowest BCUT2D eigenvalue weighted by molar-refractivity contribution is 0.617. The van der Waals surface area contributed by atoms with Gasteiger partial charge in [-0.2, -0.15) is 0 Å². The number of halogens is 2. The van der Waals surface area contributed by atoms with Gasteiger partial charge >= 0.3 is 0 Å². The Morgan fingerprint density at radius 2 is 2.24 bits per heavy atom. The third-order valence-electron chi connectivity index (χ3n) is 2.26. The number of hydrogen-bond acceptors (Lipinski definition) is 4. The summed E-state index contributed by atoms with van der Waals surface area (Å²) in [5, 5.41) is 8.36. The Morgan fingerprint density at radius 3 is 2.88 bits per heavy atom. The Morgan fingerprint density at radius 1 is 1.47 bits per heavy atom. The van der Waals surface area contributed by atoms with E-state index >= 15 is 0 Å². The van der Waals surface area contributed by atoms with Crippen LogP contribution in [0.5, 0.6) is 0 Å². The van der Waals surface area contributed by atoms with Crippen molar-refractivity contribution in [3.8, 4) is 0 Å². The van der Waals surface area contributed by atoms with Crippen LogP contribution in [0.3, 0.4) is 0 Å². The van der Waals surface area contributed by atoms with E-state index in [0.717, 1.165) is 0 Å². The highest BCUT2D eigenvalue weighted by Crippen LogP contribution is 2.25. The topological polar surface area (TPSA) is 56.7 Å². The molecule has 0 atom stereocenters. The monoisotopic (exact) mass is 272 g/mol. The number of benzene rings is 1. The van der Waals surface area contributed by atoms with E-state index in [0.29, 0.717) is 22.4 Å². The molecule has 0 unspecified atom stereocenters. The molecular formula is C10H10ClFN4S. The summed E-state index contributed by atoms with van der Waals surface area (Å²) in [7, 11) is 1.76. The molecule has 0 aliphatic carbocycles. The summed E-state index contributed by atoms with van der Waals surface area (Å²) in [6.07, 6.45) is 0. The van der Waals surface area contributed by atoms with E-state index in [1.165, 1.54) is 17.8 Å². The van der Waals surface area contributed by atoms with Crippen molar-refractivity contribution < 1.29 is 4.39 Å². The Hall–Kier alpha value is -1.27. The van der Waals surface area contributed by atoms with Crippen LogP contribution in [-0.4, -0.2) is 14.8 Å². The van der Waals surface area contributed by atoms with E-state index in [1.54, 1.807) is 23.7 Å². The van der Waals surface area contributed by atoms with Gasteiger partial charge in [-0.1, -0.05) is 35.5 Å². The molecule has 7 heteroatoms. The molecule has 90 valence electrons. The average molecular weight is 273 g/mol. The summed E-state index contributed by atoms with van der Waals surface area (Å²) >= 11 is 7.05. The lowest BCUT2D eigenvalue weighted by atomic mass is 10.2. The Bertz CT molecular complexity index is 543. The largest absolute Gasteiger partial charge is 0.368 e. The maximum atomic E-state index is 13.6. The molecule has 2 aromatic rings. The molecule has 0 spiro atoms. The normalized spacial score (nSPS) is 10.8. The van der Waals surface area contributed by atoms with Crippen LogP contribution in [0.2, 0.25) is 5.02 Å². The molecular weight excluding hydrogens is 263 g/mol. The van der Waals surface area contributed by atoms with Gasteiger partial charge in [0.05, 0.1) is 5.02 Å². The fourth-order valence-corrected chi connectivity index (χ4v) is 2.34. The van der Waals surface area contributed by atoms with Crippen LogP contribution in [0.15, 0.2) is 23.4 Å². The van der Waals surface area contributed by atoms with Gasteiger partial charge in [-0.3, -0.25) is 4.57 Å². The maximum Gasteiger partial charge on any atom is 0.222 e. The molecule has 0 aliphatic heterocycles. The molecule has 1 aromatic carbocycles. The first-order valence-corrected chi connectivity index (χ1v) is 6.16. The van der Waals surface area contributed by atoms with Gasteiger partial charge in [-0.25, -0.2) is 4.39 Å². The van der Waals surface area contributed by atoms with Gasteiger partial charge in [-0.15, -0.1) is 10.2 Å². The summed E-state index contributed by atoms with van der Waals surface area (Å²) in [6.45, 7) is 0. The van der Waals surface area contributed by atoms with Gasteiger partial charge in [0.15, 0.2) is 5.16 Å². The summed E-state index contributed by atoms with van der Waals surface area (Å²) < 4.78 is 15.2. The van der Waals surface area contributed by atoms with Crippen LogP contribution in [0.1, 0.15) is 5.56 Å². The number of rotatable bonds is 3. The molecule has 17 heavy (non-hydrogen) atoms. The maximum absolute atomic E-state index is 13.6.